The number of rotatable bonds is 6. The third kappa shape index (κ3) is 6.51. The quantitative estimate of drug-likeness (QED) is 0.424. The molecule has 2 aliphatic heterocycles. The van der Waals surface area contributed by atoms with Gasteiger partial charge in [0.1, 0.15) is 0 Å². The van der Waals surface area contributed by atoms with E-state index in [9.17, 15) is 19.6 Å². The number of hydrogen-bond acceptors (Lipinski definition) is 5. The first kappa shape index (κ1) is 27.7. The molecule has 3 atom stereocenters. The van der Waals surface area contributed by atoms with Gasteiger partial charge in [0.25, 0.3) is 0 Å². The molecule has 4 aliphatic rings. The molecule has 9 nitrogen and oxygen atoms in total. The third-order valence-electron chi connectivity index (χ3n) is 9.53. The maximum absolute atomic E-state index is 13.7. The molecule has 9 heteroatoms. The van der Waals surface area contributed by atoms with Gasteiger partial charge in [-0.1, -0.05) is 31.0 Å². The summed E-state index contributed by atoms with van der Waals surface area (Å²) in [7, 11) is 0. The Morgan fingerprint density at radius 2 is 1.49 bits per heavy atom. The van der Waals surface area contributed by atoms with E-state index in [0.717, 1.165) is 76.8 Å². The number of nitrogens with zero attached hydrogens (tertiary/aromatic N) is 4. The van der Waals surface area contributed by atoms with Gasteiger partial charge >= 0.3 is 6.03 Å². The van der Waals surface area contributed by atoms with Crippen LogP contribution in [0.2, 0.25) is 0 Å². The van der Waals surface area contributed by atoms with Crippen LogP contribution in [0.5, 0.6) is 0 Å². The molecule has 2 heterocycles. The molecule has 39 heavy (non-hydrogen) atoms. The normalized spacial score (nSPS) is 26.4. The third-order valence-corrected chi connectivity index (χ3v) is 9.53. The number of piperidine rings is 1. The van der Waals surface area contributed by atoms with Gasteiger partial charge in [-0.15, -0.1) is 0 Å². The van der Waals surface area contributed by atoms with Gasteiger partial charge in [-0.05, 0) is 69.4 Å². The van der Waals surface area contributed by atoms with Gasteiger partial charge in [0, 0.05) is 63.5 Å². The van der Waals surface area contributed by atoms with Gasteiger partial charge in [0.2, 0.25) is 11.8 Å². The van der Waals surface area contributed by atoms with Crippen molar-refractivity contribution in [1.82, 2.24) is 20.2 Å². The highest BCUT2D eigenvalue weighted by Gasteiger charge is 2.43. The molecule has 1 aromatic rings. The highest BCUT2D eigenvalue weighted by Crippen LogP contribution is 2.37. The SMILES string of the molecule is O=C(NO)C1CC(CN(C(=O)N2CCCCC2)C2CCCC2)CCC1C(=O)N1CCN(c2ccccc2)CC1. The van der Waals surface area contributed by atoms with Crippen LogP contribution in [0.15, 0.2) is 30.3 Å². The van der Waals surface area contributed by atoms with Crippen molar-refractivity contribution in [3.05, 3.63) is 30.3 Å². The topological polar surface area (TPSA) is 96.4 Å². The number of hydrogen-bond donors (Lipinski definition) is 2. The number of anilines is 1. The minimum Gasteiger partial charge on any atom is -0.368 e. The lowest BCUT2D eigenvalue weighted by atomic mass is 9.72. The van der Waals surface area contributed by atoms with Crippen LogP contribution in [0.4, 0.5) is 10.5 Å². The molecule has 2 saturated carbocycles. The number of urea groups is 1. The van der Waals surface area contributed by atoms with Gasteiger partial charge in [-0.25, -0.2) is 10.3 Å². The summed E-state index contributed by atoms with van der Waals surface area (Å²) in [5.41, 5.74) is 3.01. The summed E-state index contributed by atoms with van der Waals surface area (Å²) in [6, 6.07) is 10.7. The van der Waals surface area contributed by atoms with Crippen LogP contribution < -0.4 is 10.4 Å². The molecule has 214 valence electrons. The van der Waals surface area contributed by atoms with Gasteiger partial charge < -0.3 is 19.6 Å². The number of para-hydroxylation sites is 1. The number of hydroxylamine groups is 1. The van der Waals surface area contributed by atoms with Crippen molar-refractivity contribution in [2.24, 2.45) is 17.8 Å². The first-order valence-corrected chi connectivity index (χ1v) is 15.1. The minimum atomic E-state index is -0.580. The van der Waals surface area contributed by atoms with Crippen LogP contribution in [0.25, 0.3) is 0 Å². The highest BCUT2D eigenvalue weighted by molar-refractivity contribution is 5.87. The second kappa shape index (κ2) is 13.0. The zero-order valence-corrected chi connectivity index (χ0v) is 23.2. The fraction of sp³-hybridized carbons (Fsp3) is 0.700. The van der Waals surface area contributed by atoms with Crippen LogP contribution in [-0.4, -0.2) is 89.6 Å². The Balaban J connectivity index is 1.22. The van der Waals surface area contributed by atoms with E-state index >= 15 is 0 Å². The lowest BCUT2D eigenvalue weighted by Gasteiger charge is -2.42. The molecule has 3 unspecified atom stereocenters. The lowest BCUT2D eigenvalue weighted by molar-refractivity contribution is -0.148. The number of amides is 4. The molecule has 2 N–H and O–H groups in total. The molecule has 0 radical (unpaired) electrons. The second-order valence-electron chi connectivity index (χ2n) is 11.9. The molecule has 0 bridgehead atoms. The van der Waals surface area contributed by atoms with E-state index in [1.165, 1.54) is 6.42 Å². The van der Waals surface area contributed by atoms with Crippen molar-refractivity contribution in [2.45, 2.75) is 70.3 Å². The summed E-state index contributed by atoms with van der Waals surface area (Å²) in [6.07, 6.45) is 9.65. The Hall–Kier alpha value is -2.81. The zero-order chi connectivity index (χ0) is 27.2. The number of carbonyl (C=O) groups is 3. The van der Waals surface area contributed by atoms with E-state index in [-0.39, 0.29) is 23.9 Å². The standard InChI is InChI=1S/C30H45N5O4/c36-28(31-39)27-21-23(22-35(25-11-5-6-12-25)30(38)34-15-7-2-8-16-34)13-14-26(27)29(37)33-19-17-32(18-20-33)24-9-3-1-4-10-24/h1,3-4,9-10,23,25-27,39H,2,5-8,11-22H2,(H,31,36). The zero-order valence-electron chi connectivity index (χ0n) is 23.2. The van der Waals surface area contributed by atoms with Gasteiger partial charge in [-0.3, -0.25) is 14.8 Å². The summed E-state index contributed by atoms with van der Waals surface area (Å²) in [5.74, 6) is -1.33. The molecule has 0 spiro atoms. The van der Waals surface area contributed by atoms with E-state index < -0.39 is 17.7 Å². The van der Waals surface area contributed by atoms with Gasteiger partial charge in [0.15, 0.2) is 0 Å². The van der Waals surface area contributed by atoms with Crippen LogP contribution in [0, 0.1) is 17.8 Å². The average Bonchev–Trinajstić information content (AvgIpc) is 3.54. The maximum Gasteiger partial charge on any atom is 0.320 e. The highest BCUT2D eigenvalue weighted by atomic mass is 16.5. The first-order valence-electron chi connectivity index (χ1n) is 15.1. The maximum atomic E-state index is 13.7. The molecule has 4 amide bonds. The Bertz CT molecular complexity index is 971. The minimum absolute atomic E-state index is 0.0202. The number of benzene rings is 1. The number of likely N-dealkylation sites (tertiary alicyclic amines) is 1. The largest absolute Gasteiger partial charge is 0.368 e. The van der Waals surface area contributed by atoms with Crippen LogP contribution in [0.3, 0.4) is 0 Å². The van der Waals surface area contributed by atoms with Gasteiger partial charge in [0.05, 0.1) is 5.92 Å². The van der Waals surface area contributed by atoms with E-state index in [1.807, 2.05) is 33.5 Å². The van der Waals surface area contributed by atoms with Crippen molar-refractivity contribution in [3.8, 4) is 0 Å². The van der Waals surface area contributed by atoms with Crippen molar-refractivity contribution in [2.75, 3.05) is 50.7 Å². The van der Waals surface area contributed by atoms with Crippen LogP contribution in [0.1, 0.15) is 64.2 Å². The molecule has 2 saturated heterocycles. The van der Waals surface area contributed by atoms with E-state index in [4.69, 9.17) is 0 Å². The first-order chi connectivity index (χ1) is 19.0. The summed E-state index contributed by atoms with van der Waals surface area (Å²) in [5, 5.41) is 9.55. The van der Waals surface area contributed by atoms with Crippen molar-refractivity contribution < 1.29 is 19.6 Å². The monoisotopic (exact) mass is 539 g/mol. The summed E-state index contributed by atoms with van der Waals surface area (Å²) in [6.45, 7) is 5.06. The molecule has 0 aromatic heterocycles. The fourth-order valence-electron chi connectivity index (χ4n) is 7.29. The second-order valence-corrected chi connectivity index (χ2v) is 11.9. The number of nitrogens with one attached hydrogen (secondary N) is 1. The summed E-state index contributed by atoms with van der Waals surface area (Å²) in [4.78, 5) is 48.4. The number of piperazine rings is 1. The predicted molar refractivity (Wildman–Crippen MR) is 149 cm³/mol. The van der Waals surface area contributed by atoms with E-state index in [0.29, 0.717) is 32.5 Å². The summed E-state index contributed by atoms with van der Waals surface area (Å²) >= 11 is 0. The molecular weight excluding hydrogens is 494 g/mol. The molecule has 2 aliphatic carbocycles. The smallest absolute Gasteiger partial charge is 0.320 e. The Morgan fingerprint density at radius 1 is 0.795 bits per heavy atom. The van der Waals surface area contributed by atoms with Crippen molar-refractivity contribution >= 4 is 23.5 Å². The summed E-state index contributed by atoms with van der Waals surface area (Å²) < 4.78 is 0. The Kier molecular flexibility index (Phi) is 9.27. The Labute approximate surface area is 232 Å². The number of carbonyl (C=O) groups excluding carboxylic acids is 3. The Morgan fingerprint density at radius 3 is 2.15 bits per heavy atom. The lowest BCUT2D eigenvalue weighted by Crippen LogP contribution is -2.54. The fourth-order valence-corrected chi connectivity index (χ4v) is 7.29. The average molecular weight is 540 g/mol. The molecule has 4 fully saturated rings. The van der Waals surface area contributed by atoms with Crippen molar-refractivity contribution in [1.29, 1.82) is 0 Å². The van der Waals surface area contributed by atoms with E-state index in [2.05, 4.69) is 21.9 Å². The van der Waals surface area contributed by atoms with Crippen LogP contribution >= 0.6 is 0 Å². The molecule has 1 aromatic carbocycles. The van der Waals surface area contributed by atoms with Crippen LogP contribution in [-0.2, 0) is 9.59 Å². The molecular formula is C30H45N5O4. The predicted octanol–water partition coefficient (Wildman–Crippen LogP) is 3.72. The van der Waals surface area contributed by atoms with E-state index in [1.54, 1.807) is 0 Å². The van der Waals surface area contributed by atoms with Gasteiger partial charge in [-0.2, -0.15) is 0 Å². The molecule has 5 rings (SSSR count). The van der Waals surface area contributed by atoms with Crippen molar-refractivity contribution in [3.63, 3.8) is 0 Å².